The molecule has 1 aromatic carbocycles. The fraction of sp³-hybridized carbons (Fsp3) is 0.467. The Morgan fingerprint density at radius 1 is 1.24 bits per heavy atom. The highest BCUT2D eigenvalue weighted by molar-refractivity contribution is 6.30. The summed E-state index contributed by atoms with van der Waals surface area (Å²) in [5.74, 6) is -0.490. The van der Waals surface area contributed by atoms with Gasteiger partial charge in [-0.1, -0.05) is 18.0 Å². The molecule has 1 aliphatic carbocycles. The van der Waals surface area contributed by atoms with E-state index in [0.717, 1.165) is 19.3 Å². The van der Waals surface area contributed by atoms with Crippen LogP contribution in [-0.4, -0.2) is 34.6 Å². The summed E-state index contributed by atoms with van der Waals surface area (Å²) in [7, 11) is 0. The van der Waals surface area contributed by atoms with Crippen molar-refractivity contribution in [1.29, 1.82) is 0 Å². The Balaban J connectivity index is 1.74. The number of aliphatic carboxylic acids is 1. The number of fused-ring (bicyclic) bond motifs is 1. The number of amides is 2. The Kier molecular flexibility index (Phi) is 3.76. The molecule has 0 spiro atoms. The second-order valence-electron chi connectivity index (χ2n) is 5.73. The zero-order chi connectivity index (χ0) is 15.0. The van der Waals surface area contributed by atoms with E-state index < -0.39 is 12.0 Å². The minimum Gasteiger partial charge on any atom is -0.480 e. The van der Waals surface area contributed by atoms with Crippen LogP contribution in [0.4, 0.5) is 10.5 Å². The average Bonchev–Trinajstić information content (AvgIpc) is 3.00. The normalized spacial score (nSPS) is 27.5. The van der Waals surface area contributed by atoms with Gasteiger partial charge in [0.1, 0.15) is 6.04 Å². The predicted octanol–water partition coefficient (Wildman–Crippen LogP) is 3.06. The molecular weight excluding hydrogens is 292 g/mol. The van der Waals surface area contributed by atoms with Gasteiger partial charge in [-0.15, -0.1) is 0 Å². The van der Waals surface area contributed by atoms with Gasteiger partial charge in [-0.05, 0) is 48.9 Å². The minimum atomic E-state index is -0.907. The highest BCUT2D eigenvalue weighted by Crippen LogP contribution is 2.42. The van der Waals surface area contributed by atoms with Gasteiger partial charge >= 0.3 is 12.0 Å². The molecular formula is C15H17ClN2O3. The first-order valence-corrected chi connectivity index (χ1v) is 7.50. The van der Waals surface area contributed by atoms with E-state index in [1.165, 1.54) is 4.90 Å². The van der Waals surface area contributed by atoms with Crippen LogP contribution in [0, 0.1) is 11.8 Å². The molecule has 112 valence electrons. The van der Waals surface area contributed by atoms with Crippen molar-refractivity contribution in [2.24, 2.45) is 11.8 Å². The first-order chi connectivity index (χ1) is 10.1. The van der Waals surface area contributed by atoms with Gasteiger partial charge in [-0.3, -0.25) is 0 Å². The van der Waals surface area contributed by atoms with Gasteiger partial charge in [-0.25, -0.2) is 9.59 Å². The average molecular weight is 309 g/mol. The van der Waals surface area contributed by atoms with Crippen LogP contribution in [0.2, 0.25) is 5.02 Å². The Morgan fingerprint density at radius 3 is 2.62 bits per heavy atom. The van der Waals surface area contributed by atoms with Crippen LogP contribution in [0.5, 0.6) is 0 Å². The lowest BCUT2D eigenvalue weighted by Gasteiger charge is -2.24. The number of hydrogen-bond donors (Lipinski definition) is 2. The maximum atomic E-state index is 12.4. The quantitative estimate of drug-likeness (QED) is 0.882. The molecule has 21 heavy (non-hydrogen) atoms. The lowest BCUT2D eigenvalue weighted by Crippen LogP contribution is -2.45. The highest BCUT2D eigenvalue weighted by atomic mass is 35.5. The van der Waals surface area contributed by atoms with Crippen LogP contribution in [0.3, 0.4) is 0 Å². The van der Waals surface area contributed by atoms with Gasteiger partial charge in [0.05, 0.1) is 0 Å². The fourth-order valence-electron chi connectivity index (χ4n) is 3.56. The number of carboxylic acid groups (broad SMARTS) is 1. The van der Waals surface area contributed by atoms with Crippen LogP contribution >= 0.6 is 11.6 Å². The molecule has 1 aliphatic heterocycles. The first kappa shape index (κ1) is 14.2. The lowest BCUT2D eigenvalue weighted by molar-refractivity contribution is -0.142. The van der Waals surface area contributed by atoms with Crippen molar-refractivity contribution in [3.8, 4) is 0 Å². The number of nitrogens with one attached hydrogen (secondary N) is 1. The van der Waals surface area contributed by atoms with Crippen molar-refractivity contribution < 1.29 is 14.7 Å². The number of rotatable bonds is 2. The number of benzene rings is 1. The van der Waals surface area contributed by atoms with Crippen LogP contribution in [0.1, 0.15) is 19.3 Å². The Bertz CT molecular complexity index is 561. The topological polar surface area (TPSA) is 69.6 Å². The standard InChI is InChI=1S/C15H17ClN2O3/c16-10-4-6-11(7-5-10)17-15(21)18-8-9-2-1-3-12(9)13(18)14(19)20/h4-7,9,12-13H,1-3,8H2,(H,17,21)(H,19,20). The van der Waals surface area contributed by atoms with Gasteiger partial charge in [0.15, 0.2) is 0 Å². The number of urea groups is 1. The molecule has 2 aliphatic rings. The largest absolute Gasteiger partial charge is 0.480 e. The minimum absolute atomic E-state index is 0.0958. The molecule has 1 aromatic rings. The van der Waals surface area contributed by atoms with E-state index in [1.807, 2.05) is 0 Å². The summed E-state index contributed by atoms with van der Waals surface area (Å²) >= 11 is 5.80. The van der Waals surface area contributed by atoms with E-state index in [4.69, 9.17) is 11.6 Å². The number of anilines is 1. The van der Waals surface area contributed by atoms with Crippen LogP contribution in [0.25, 0.3) is 0 Å². The van der Waals surface area contributed by atoms with Crippen molar-refractivity contribution in [3.05, 3.63) is 29.3 Å². The maximum absolute atomic E-state index is 12.4. The summed E-state index contributed by atoms with van der Waals surface area (Å²) in [6, 6.07) is 5.72. The Morgan fingerprint density at radius 2 is 1.95 bits per heavy atom. The monoisotopic (exact) mass is 308 g/mol. The van der Waals surface area contributed by atoms with E-state index in [0.29, 0.717) is 23.2 Å². The smallest absolute Gasteiger partial charge is 0.326 e. The molecule has 2 N–H and O–H groups in total. The molecule has 0 bridgehead atoms. The highest BCUT2D eigenvalue weighted by Gasteiger charge is 2.49. The summed E-state index contributed by atoms with van der Waals surface area (Å²) in [5, 5.41) is 12.8. The van der Waals surface area contributed by atoms with E-state index in [9.17, 15) is 14.7 Å². The number of halogens is 1. The molecule has 3 atom stereocenters. The number of nitrogens with zero attached hydrogens (tertiary/aromatic N) is 1. The molecule has 2 fully saturated rings. The predicted molar refractivity (Wildman–Crippen MR) is 79.4 cm³/mol. The van der Waals surface area contributed by atoms with Crippen molar-refractivity contribution in [2.45, 2.75) is 25.3 Å². The molecule has 0 aromatic heterocycles. The zero-order valence-electron chi connectivity index (χ0n) is 11.5. The van der Waals surface area contributed by atoms with Crippen molar-refractivity contribution in [1.82, 2.24) is 4.90 Å². The summed E-state index contributed by atoms with van der Waals surface area (Å²) in [6.07, 6.45) is 2.97. The SMILES string of the molecule is O=C(O)C1C2CCCC2CN1C(=O)Nc1ccc(Cl)cc1. The molecule has 2 amide bonds. The van der Waals surface area contributed by atoms with Crippen molar-refractivity contribution in [3.63, 3.8) is 0 Å². The van der Waals surface area contributed by atoms with Crippen molar-refractivity contribution in [2.75, 3.05) is 11.9 Å². The number of carboxylic acids is 1. The summed E-state index contributed by atoms with van der Waals surface area (Å²) in [4.78, 5) is 25.3. The molecule has 1 heterocycles. The van der Waals surface area contributed by atoms with Crippen LogP contribution in [0.15, 0.2) is 24.3 Å². The van der Waals surface area contributed by atoms with E-state index in [2.05, 4.69) is 5.32 Å². The Labute approximate surface area is 127 Å². The van der Waals surface area contributed by atoms with E-state index in [1.54, 1.807) is 24.3 Å². The van der Waals surface area contributed by atoms with Gasteiger partial charge in [0.25, 0.3) is 0 Å². The Hall–Kier alpha value is -1.75. The van der Waals surface area contributed by atoms with Crippen LogP contribution in [-0.2, 0) is 4.79 Å². The third-order valence-corrected chi connectivity index (χ3v) is 4.75. The first-order valence-electron chi connectivity index (χ1n) is 7.12. The summed E-state index contributed by atoms with van der Waals surface area (Å²) in [5.41, 5.74) is 0.616. The van der Waals surface area contributed by atoms with Gasteiger partial charge in [0, 0.05) is 17.3 Å². The molecule has 6 heteroatoms. The molecule has 3 unspecified atom stereocenters. The molecule has 5 nitrogen and oxygen atoms in total. The number of likely N-dealkylation sites (tertiary alicyclic amines) is 1. The lowest BCUT2D eigenvalue weighted by atomic mass is 9.94. The second-order valence-corrected chi connectivity index (χ2v) is 6.16. The third kappa shape index (κ3) is 2.70. The van der Waals surface area contributed by atoms with E-state index in [-0.39, 0.29) is 11.9 Å². The molecule has 1 saturated carbocycles. The van der Waals surface area contributed by atoms with Crippen LogP contribution < -0.4 is 5.32 Å². The summed E-state index contributed by atoms with van der Waals surface area (Å²) < 4.78 is 0. The number of hydrogen-bond acceptors (Lipinski definition) is 2. The number of carbonyl (C=O) groups is 2. The van der Waals surface area contributed by atoms with Crippen molar-refractivity contribution >= 4 is 29.3 Å². The molecule has 1 saturated heterocycles. The third-order valence-electron chi connectivity index (χ3n) is 4.50. The van der Waals surface area contributed by atoms with Gasteiger partial charge in [0.2, 0.25) is 0 Å². The fourth-order valence-corrected chi connectivity index (χ4v) is 3.69. The maximum Gasteiger partial charge on any atom is 0.326 e. The summed E-state index contributed by atoms with van der Waals surface area (Å²) in [6.45, 7) is 0.529. The second kappa shape index (κ2) is 5.56. The van der Waals surface area contributed by atoms with E-state index >= 15 is 0 Å². The van der Waals surface area contributed by atoms with Gasteiger partial charge < -0.3 is 15.3 Å². The number of carbonyl (C=O) groups excluding carboxylic acids is 1. The van der Waals surface area contributed by atoms with Gasteiger partial charge in [-0.2, -0.15) is 0 Å². The zero-order valence-corrected chi connectivity index (χ0v) is 12.2. The molecule has 3 rings (SSSR count). The molecule has 0 radical (unpaired) electrons.